The average molecular weight is 504 g/mol. The topological polar surface area (TPSA) is 118 Å². The number of carbonyl (C=O) groups excluding carboxylic acids is 1. The molecule has 3 N–H and O–H groups in total. The average Bonchev–Trinajstić information content (AvgIpc) is 3.46. The van der Waals surface area contributed by atoms with E-state index >= 15 is 0 Å². The van der Waals surface area contributed by atoms with Gasteiger partial charge in [-0.2, -0.15) is 4.31 Å². The molecule has 8 nitrogen and oxygen atoms in total. The van der Waals surface area contributed by atoms with Crippen LogP contribution in [0.25, 0.3) is 10.2 Å². The number of carbonyl (C=O) groups is 1. The Morgan fingerprint density at radius 3 is 2.76 bits per heavy atom. The molecule has 1 aromatic carbocycles. The minimum absolute atomic E-state index is 0.0964. The van der Waals surface area contributed by atoms with Crippen LogP contribution in [0.15, 0.2) is 34.3 Å². The summed E-state index contributed by atoms with van der Waals surface area (Å²) in [5, 5.41) is 4.22. The van der Waals surface area contributed by atoms with Crippen LogP contribution in [0.1, 0.15) is 36.1 Å². The largest absolute Gasteiger partial charge is 0.383 e. The lowest BCUT2D eigenvalue weighted by Gasteiger charge is -2.16. The van der Waals surface area contributed by atoms with Crippen LogP contribution in [0.3, 0.4) is 0 Å². The second-order valence-electron chi connectivity index (χ2n) is 8.26. The van der Waals surface area contributed by atoms with Crippen LogP contribution in [-0.2, 0) is 27.7 Å². The van der Waals surface area contributed by atoms with E-state index < -0.39 is 10.0 Å². The number of fused-ring (bicyclic) bond motifs is 3. The van der Waals surface area contributed by atoms with E-state index in [0.29, 0.717) is 29.8 Å². The van der Waals surface area contributed by atoms with E-state index in [1.807, 2.05) is 0 Å². The molecule has 3 heterocycles. The number of hydrogen-bond donors (Lipinski definition) is 2. The fourth-order valence-corrected chi connectivity index (χ4v) is 7.91. The number of nitrogen functional groups attached to an aromatic ring is 1. The predicted molar refractivity (Wildman–Crippen MR) is 132 cm³/mol. The molecule has 0 bridgehead atoms. The van der Waals surface area contributed by atoms with Crippen LogP contribution < -0.4 is 11.1 Å². The summed E-state index contributed by atoms with van der Waals surface area (Å²) in [6.07, 6.45) is 6.18. The SMILES string of the molecule is Nc1nc(SCC(=O)Nc2cccc(S(=O)(=O)N3CCCC3)c2)nc2sc3c(c12)CCCC3. The summed E-state index contributed by atoms with van der Waals surface area (Å²) in [6, 6.07) is 6.39. The Balaban J connectivity index is 1.26. The Bertz CT molecular complexity index is 1320. The Hall–Kier alpha value is -2.21. The number of rotatable bonds is 6. The lowest BCUT2D eigenvalue weighted by molar-refractivity contribution is -0.113. The van der Waals surface area contributed by atoms with Gasteiger partial charge in [0.15, 0.2) is 5.16 Å². The number of aryl methyl sites for hydroxylation is 2. The zero-order chi connectivity index (χ0) is 23.0. The lowest BCUT2D eigenvalue weighted by atomic mass is 9.97. The van der Waals surface area contributed by atoms with Crippen molar-refractivity contribution in [2.24, 2.45) is 0 Å². The van der Waals surface area contributed by atoms with E-state index in [0.717, 1.165) is 42.3 Å². The zero-order valence-electron chi connectivity index (χ0n) is 18.0. The number of amides is 1. The first-order chi connectivity index (χ1) is 15.9. The van der Waals surface area contributed by atoms with Crippen molar-refractivity contribution in [2.45, 2.75) is 48.6 Å². The van der Waals surface area contributed by atoms with Crippen LogP contribution in [0.2, 0.25) is 0 Å². The number of hydrogen-bond acceptors (Lipinski definition) is 8. The molecule has 0 radical (unpaired) electrons. The van der Waals surface area contributed by atoms with Gasteiger partial charge in [-0.15, -0.1) is 11.3 Å². The molecular weight excluding hydrogens is 478 g/mol. The highest BCUT2D eigenvalue weighted by atomic mass is 32.2. The molecule has 5 rings (SSSR count). The molecule has 2 aliphatic rings. The Morgan fingerprint density at radius 1 is 1.15 bits per heavy atom. The third-order valence-corrected chi connectivity index (χ3v) is 9.90. The molecule has 1 aliphatic carbocycles. The molecule has 11 heteroatoms. The van der Waals surface area contributed by atoms with Crippen molar-refractivity contribution in [2.75, 3.05) is 29.9 Å². The molecule has 33 heavy (non-hydrogen) atoms. The smallest absolute Gasteiger partial charge is 0.243 e. The van der Waals surface area contributed by atoms with Gasteiger partial charge in [-0.25, -0.2) is 18.4 Å². The van der Waals surface area contributed by atoms with Gasteiger partial charge in [-0.3, -0.25) is 4.79 Å². The molecule has 0 spiro atoms. The molecule has 0 saturated carbocycles. The molecule has 3 aromatic rings. The van der Waals surface area contributed by atoms with Crippen LogP contribution in [-0.4, -0.2) is 47.4 Å². The van der Waals surface area contributed by atoms with Crippen LogP contribution in [0.4, 0.5) is 11.5 Å². The van der Waals surface area contributed by atoms with Crippen molar-refractivity contribution >= 4 is 60.8 Å². The maximum atomic E-state index is 12.8. The van der Waals surface area contributed by atoms with Gasteiger partial charge in [0, 0.05) is 23.7 Å². The van der Waals surface area contributed by atoms with Gasteiger partial charge in [0.2, 0.25) is 15.9 Å². The Labute approximate surface area is 201 Å². The summed E-state index contributed by atoms with van der Waals surface area (Å²) >= 11 is 2.89. The highest BCUT2D eigenvalue weighted by Crippen LogP contribution is 2.38. The Kier molecular flexibility index (Phi) is 6.30. The number of sulfonamides is 1. The molecule has 174 valence electrons. The summed E-state index contributed by atoms with van der Waals surface area (Å²) in [7, 11) is -3.54. The van der Waals surface area contributed by atoms with Gasteiger partial charge in [0.05, 0.1) is 16.0 Å². The second-order valence-corrected chi connectivity index (χ2v) is 12.2. The number of anilines is 2. The highest BCUT2D eigenvalue weighted by molar-refractivity contribution is 7.99. The number of thiophene rings is 1. The third kappa shape index (κ3) is 4.59. The first-order valence-corrected chi connectivity index (χ1v) is 14.3. The van der Waals surface area contributed by atoms with E-state index in [1.54, 1.807) is 29.5 Å². The fourth-order valence-electron chi connectivity index (χ4n) is 4.37. The number of thioether (sulfide) groups is 1. The van der Waals surface area contributed by atoms with E-state index in [-0.39, 0.29) is 16.6 Å². The van der Waals surface area contributed by atoms with Crippen LogP contribution >= 0.6 is 23.1 Å². The molecule has 0 atom stereocenters. The van der Waals surface area contributed by atoms with Gasteiger partial charge in [0.1, 0.15) is 10.6 Å². The number of nitrogens with two attached hydrogens (primary N) is 1. The van der Waals surface area contributed by atoms with Crippen molar-refractivity contribution in [1.82, 2.24) is 14.3 Å². The summed E-state index contributed by atoms with van der Waals surface area (Å²) < 4.78 is 27.0. The number of benzene rings is 1. The standard InChI is InChI=1S/C22H25N5O3S3/c23-20-19-16-8-1-2-9-17(16)32-21(19)26-22(25-20)31-13-18(28)24-14-6-5-7-15(12-14)33(29,30)27-10-3-4-11-27/h5-7,12H,1-4,8-11,13H2,(H,24,28)(H2,23,25,26). The van der Waals surface area contributed by atoms with Gasteiger partial charge < -0.3 is 11.1 Å². The molecule has 1 saturated heterocycles. The quantitative estimate of drug-likeness (QED) is 0.389. The minimum atomic E-state index is -3.54. The molecule has 0 unspecified atom stereocenters. The summed E-state index contributed by atoms with van der Waals surface area (Å²) in [5.74, 6) is 0.310. The van der Waals surface area contributed by atoms with Crippen molar-refractivity contribution in [3.8, 4) is 0 Å². The molecule has 1 aliphatic heterocycles. The number of aromatic nitrogens is 2. The predicted octanol–water partition coefficient (Wildman–Crippen LogP) is 3.67. The maximum Gasteiger partial charge on any atom is 0.243 e. The third-order valence-electron chi connectivity index (χ3n) is 5.98. The molecule has 2 aromatic heterocycles. The van der Waals surface area contributed by atoms with Crippen molar-refractivity contribution in [1.29, 1.82) is 0 Å². The summed E-state index contributed by atoms with van der Waals surface area (Å²) in [4.78, 5) is 24.0. The minimum Gasteiger partial charge on any atom is -0.383 e. The van der Waals surface area contributed by atoms with Crippen molar-refractivity contribution in [3.05, 3.63) is 34.7 Å². The van der Waals surface area contributed by atoms with E-state index in [2.05, 4.69) is 15.3 Å². The van der Waals surface area contributed by atoms with Crippen LogP contribution in [0.5, 0.6) is 0 Å². The summed E-state index contributed by atoms with van der Waals surface area (Å²) in [5.41, 5.74) is 7.98. The van der Waals surface area contributed by atoms with E-state index in [1.165, 1.54) is 39.0 Å². The second kappa shape index (κ2) is 9.21. The van der Waals surface area contributed by atoms with Crippen molar-refractivity contribution < 1.29 is 13.2 Å². The van der Waals surface area contributed by atoms with E-state index in [9.17, 15) is 13.2 Å². The monoisotopic (exact) mass is 503 g/mol. The Morgan fingerprint density at radius 2 is 1.94 bits per heavy atom. The fraction of sp³-hybridized carbons (Fsp3) is 0.409. The normalized spacial score (nSPS) is 16.7. The van der Waals surface area contributed by atoms with E-state index in [4.69, 9.17) is 5.73 Å². The first-order valence-electron chi connectivity index (χ1n) is 11.0. The molecule has 1 fully saturated rings. The zero-order valence-corrected chi connectivity index (χ0v) is 20.5. The number of nitrogens with one attached hydrogen (secondary N) is 1. The summed E-state index contributed by atoms with van der Waals surface area (Å²) in [6.45, 7) is 1.08. The van der Waals surface area contributed by atoms with Gasteiger partial charge in [-0.1, -0.05) is 17.8 Å². The van der Waals surface area contributed by atoms with Crippen molar-refractivity contribution in [3.63, 3.8) is 0 Å². The molecular formula is C22H25N5O3S3. The first kappa shape index (κ1) is 22.6. The van der Waals surface area contributed by atoms with Gasteiger partial charge in [-0.05, 0) is 62.3 Å². The van der Waals surface area contributed by atoms with Crippen LogP contribution in [0, 0.1) is 0 Å². The maximum absolute atomic E-state index is 12.8. The van der Waals surface area contributed by atoms with Gasteiger partial charge >= 0.3 is 0 Å². The molecule has 1 amide bonds. The number of nitrogens with zero attached hydrogens (tertiary/aromatic N) is 3. The van der Waals surface area contributed by atoms with Gasteiger partial charge in [0.25, 0.3) is 0 Å². The lowest BCUT2D eigenvalue weighted by Crippen LogP contribution is -2.28. The highest BCUT2D eigenvalue weighted by Gasteiger charge is 2.27.